The van der Waals surface area contributed by atoms with Crippen LogP contribution >= 0.6 is 0 Å². The summed E-state index contributed by atoms with van der Waals surface area (Å²) < 4.78 is 0. The Morgan fingerprint density at radius 2 is 2.28 bits per heavy atom. The van der Waals surface area contributed by atoms with Crippen LogP contribution in [0.15, 0.2) is 24.2 Å². The van der Waals surface area contributed by atoms with Crippen molar-refractivity contribution in [1.29, 1.82) is 0 Å². The van der Waals surface area contributed by atoms with E-state index in [0.717, 1.165) is 12.8 Å². The van der Waals surface area contributed by atoms with E-state index < -0.39 is 0 Å². The first-order valence-corrected chi connectivity index (χ1v) is 6.31. The van der Waals surface area contributed by atoms with Crippen molar-refractivity contribution in [3.63, 3.8) is 0 Å². The van der Waals surface area contributed by atoms with Gasteiger partial charge in [0.1, 0.15) is 5.82 Å². The number of likely N-dealkylation sites (tertiary alicyclic amines) is 1. The maximum Gasteiger partial charge on any atom is 0.245 e. The number of nitrogens with two attached hydrogens (primary N) is 1. The van der Waals surface area contributed by atoms with E-state index in [-0.39, 0.29) is 17.4 Å². The second kappa shape index (κ2) is 6.02. The van der Waals surface area contributed by atoms with Gasteiger partial charge >= 0.3 is 0 Å². The third kappa shape index (κ3) is 3.58. The van der Waals surface area contributed by atoms with Crippen LogP contribution in [0, 0.1) is 5.41 Å². The van der Waals surface area contributed by atoms with Gasteiger partial charge in [-0.3, -0.25) is 9.69 Å². The molecule has 0 bridgehead atoms. The highest BCUT2D eigenvalue weighted by molar-refractivity contribution is 5.83. The number of rotatable bonds is 3. The molecule has 0 aromatic rings. The van der Waals surface area contributed by atoms with Crippen LogP contribution in [-0.2, 0) is 4.79 Å². The molecule has 18 heavy (non-hydrogen) atoms. The molecule has 1 heterocycles. The maximum atomic E-state index is 12.4. The van der Waals surface area contributed by atoms with Crippen molar-refractivity contribution >= 4 is 5.91 Å². The highest BCUT2D eigenvalue weighted by Gasteiger charge is 2.35. The molecular formula is C13H25N4O+. The van der Waals surface area contributed by atoms with Crippen LogP contribution in [0.4, 0.5) is 0 Å². The lowest BCUT2D eigenvalue weighted by Gasteiger charge is -2.24. The van der Waals surface area contributed by atoms with Gasteiger partial charge in [-0.15, -0.1) is 0 Å². The number of allylic oxidation sites excluding steroid dienone is 2. The number of carbonyl (C=O) groups is 1. The smallest absolute Gasteiger partial charge is 0.245 e. The summed E-state index contributed by atoms with van der Waals surface area (Å²) in [6.45, 7) is 5.03. The largest absolute Gasteiger partial charge is 0.385 e. The highest BCUT2D eigenvalue weighted by atomic mass is 16.2. The Hall–Kier alpha value is -1.33. The molecular weight excluding hydrogens is 228 g/mol. The fraction of sp³-hybridized carbons (Fsp3) is 0.615. The minimum atomic E-state index is -0.168. The number of nitrogens with one attached hydrogen (secondary N) is 1. The molecule has 1 atom stereocenters. The van der Waals surface area contributed by atoms with Crippen LogP contribution in [0.2, 0.25) is 0 Å². The Kier molecular flexibility index (Phi) is 4.93. The van der Waals surface area contributed by atoms with Gasteiger partial charge in [-0.05, 0) is 37.5 Å². The van der Waals surface area contributed by atoms with Crippen molar-refractivity contribution in [2.24, 2.45) is 11.1 Å². The Morgan fingerprint density at radius 1 is 1.61 bits per heavy atom. The fourth-order valence-corrected chi connectivity index (χ4v) is 2.19. The van der Waals surface area contributed by atoms with E-state index in [0.29, 0.717) is 12.4 Å². The monoisotopic (exact) mass is 253 g/mol. The molecule has 102 valence electrons. The molecule has 1 rings (SSSR count). The summed E-state index contributed by atoms with van der Waals surface area (Å²) in [7, 11) is 1.82. The van der Waals surface area contributed by atoms with Gasteiger partial charge < -0.3 is 16.8 Å². The van der Waals surface area contributed by atoms with Gasteiger partial charge in [-0.25, -0.2) is 0 Å². The number of hydrogen-bond donors (Lipinski definition) is 3. The maximum absolute atomic E-state index is 12.4. The number of carbonyl (C=O) groups excluding carboxylic acids is 1. The minimum Gasteiger partial charge on any atom is -0.385 e. The SMILES string of the molecule is CNC1CC(C)(C)CCN(/C(N)=C/C=C\[NH3+])C1=O. The molecule has 1 aliphatic rings. The summed E-state index contributed by atoms with van der Waals surface area (Å²) in [5.41, 5.74) is 9.70. The van der Waals surface area contributed by atoms with Gasteiger partial charge in [0.25, 0.3) is 0 Å². The second-order valence-electron chi connectivity index (χ2n) is 5.47. The molecule has 5 heteroatoms. The molecule has 1 saturated heterocycles. The average molecular weight is 253 g/mol. The topological polar surface area (TPSA) is 86.0 Å². The van der Waals surface area contributed by atoms with Crippen molar-refractivity contribution in [3.8, 4) is 0 Å². The lowest BCUT2D eigenvalue weighted by atomic mass is 9.83. The van der Waals surface area contributed by atoms with Crippen LogP contribution < -0.4 is 16.8 Å². The summed E-state index contributed by atoms with van der Waals surface area (Å²) in [6.07, 6.45) is 6.88. The molecule has 1 amide bonds. The molecule has 1 fully saturated rings. The zero-order valence-corrected chi connectivity index (χ0v) is 11.6. The van der Waals surface area contributed by atoms with Gasteiger partial charge in [-0.2, -0.15) is 0 Å². The normalized spacial score (nSPS) is 25.6. The van der Waals surface area contributed by atoms with E-state index in [4.69, 9.17) is 5.73 Å². The summed E-state index contributed by atoms with van der Waals surface area (Å²) >= 11 is 0. The number of likely N-dealkylation sites (N-methyl/N-ethyl adjacent to an activating group) is 1. The number of hydrogen-bond acceptors (Lipinski definition) is 3. The fourth-order valence-electron chi connectivity index (χ4n) is 2.19. The lowest BCUT2D eigenvalue weighted by molar-refractivity contribution is -0.274. The summed E-state index contributed by atoms with van der Waals surface area (Å²) in [5.74, 6) is 0.534. The number of quaternary nitrogens is 1. The van der Waals surface area contributed by atoms with E-state index in [2.05, 4.69) is 24.9 Å². The molecule has 1 aliphatic heterocycles. The molecule has 0 radical (unpaired) electrons. The second-order valence-corrected chi connectivity index (χ2v) is 5.47. The number of nitrogens with zero attached hydrogens (tertiary/aromatic N) is 1. The molecule has 0 aromatic carbocycles. The van der Waals surface area contributed by atoms with Crippen molar-refractivity contribution in [2.45, 2.75) is 32.7 Å². The third-order valence-electron chi connectivity index (χ3n) is 3.40. The predicted octanol–water partition coefficient (Wildman–Crippen LogP) is -0.221. The number of amides is 1. The minimum absolute atomic E-state index is 0.0503. The van der Waals surface area contributed by atoms with Crippen molar-refractivity contribution in [3.05, 3.63) is 24.2 Å². The first kappa shape index (κ1) is 14.7. The van der Waals surface area contributed by atoms with Crippen molar-refractivity contribution in [1.82, 2.24) is 10.2 Å². The molecule has 0 aliphatic carbocycles. The molecule has 0 saturated carbocycles. The Bertz CT molecular complexity index is 360. The van der Waals surface area contributed by atoms with E-state index in [1.54, 1.807) is 23.3 Å². The first-order valence-electron chi connectivity index (χ1n) is 6.31. The van der Waals surface area contributed by atoms with E-state index >= 15 is 0 Å². The van der Waals surface area contributed by atoms with Gasteiger partial charge in [0.15, 0.2) is 0 Å². The molecule has 0 aromatic heterocycles. The van der Waals surface area contributed by atoms with Crippen LogP contribution in [0.25, 0.3) is 0 Å². The zero-order chi connectivity index (χ0) is 13.8. The Labute approximate surface area is 109 Å². The highest BCUT2D eigenvalue weighted by Crippen LogP contribution is 2.31. The van der Waals surface area contributed by atoms with Crippen molar-refractivity contribution in [2.75, 3.05) is 13.6 Å². The summed E-state index contributed by atoms with van der Waals surface area (Å²) in [4.78, 5) is 14.0. The molecule has 6 N–H and O–H groups in total. The standard InChI is InChI=1S/C13H24N4O/c1-13(2)6-8-17(11(15)5-4-7-14)12(18)10(9-13)16-3/h4-5,7,10,16H,6,8-9,14-15H2,1-3H3/p+1/b7-4-,11-5+. The molecule has 1 unspecified atom stereocenters. The van der Waals surface area contributed by atoms with Gasteiger partial charge in [0.2, 0.25) is 5.91 Å². The van der Waals surface area contributed by atoms with Crippen LogP contribution in [0.5, 0.6) is 0 Å². The molecule has 5 nitrogen and oxygen atoms in total. The van der Waals surface area contributed by atoms with E-state index in [1.165, 1.54) is 0 Å². The van der Waals surface area contributed by atoms with Gasteiger partial charge in [0.05, 0.1) is 12.2 Å². The quantitative estimate of drug-likeness (QED) is 0.608. The van der Waals surface area contributed by atoms with Crippen LogP contribution in [-0.4, -0.2) is 30.4 Å². The average Bonchev–Trinajstić information content (AvgIpc) is 2.43. The summed E-state index contributed by atoms with van der Waals surface area (Å²) in [5, 5.41) is 3.09. The van der Waals surface area contributed by atoms with Crippen LogP contribution in [0.1, 0.15) is 26.7 Å². The summed E-state index contributed by atoms with van der Waals surface area (Å²) in [6, 6.07) is -0.168. The van der Waals surface area contributed by atoms with Gasteiger partial charge in [-0.1, -0.05) is 13.8 Å². The van der Waals surface area contributed by atoms with Crippen molar-refractivity contribution < 1.29 is 10.5 Å². The zero-order valence-electron chi connectivity index (χ0n) is 11.6. The molecule has 0 spiro atoms. The first-order chi connectivity index (χ1) is 8.41. The third-order valence-corrected chi connectivity index (χ3v) is 3.40. The van der Waals surface area contributed by atoms with E-state index in [1.807, 2.05) is 7.05 Å². The Balaban J connectivity index is 2.95. The lowest BCUT2D eigenvalue weighted by Crippen LogP contribution is -2.45. The van der Waals surface area contributed by atoms with Crippen LogP contribution in [0.3, 0.4) is 0 Å². The van der Waals surface area contributed by atoms with Gasteiger partial charge in [0, 0.05) is 6.54 Å². The predicted molar refractivity (Wildman–Crippen MR) is 71.9 cm³/mol. The van der Waals surface area contributed by atoms with E-state index in [9.17, 15) is 4.79 Å². The Morgan fingerprint density at radius 3 is 2.83 bits per heavy atom.